The van der Waals surface area contributed by atoms with Gasteiger partial charge in [0.25, 0.3) is 5.91 Å². The number of carbonyl (C=O) groups excluding carboxylic acids is 1. The molecule has 0 bridgehead atoms. The molecule has 0 atom stereocenters. The van der Waals surface area contributed by atoms with Crippen molar-refractivity contribution in [3.05, 3.63) is 54.9 Å². The van der Waals surface area contributed by atoms with Gasteiger partial charge in [-0.2, -0.15) is 0 Å². The van der Waals surface area contributed by atoms with E-state index in [0.717, 1.165) is 30.3 Å². The molecule has 6 nitrogen and oxygen atoms in total. The molecule has 2 aromatic carbocycles. The van der Waals surface area contributed by atoms with E-state index < -0.39 is 5.91 Å². The van der Waals surface area contributed by atoms with Gasteiger partial charge >= 0.3 is 0 Å². The zero-order valence-corrected chi connectivity index (χ0v) is 20.0. The summed E-state index contributed by atoms with van der Waals surface area (Å²) in [6.07, 6.45) is 0.810. The number of benzene rings is 2. The number of halogens is 3. The Morgan fingerprint density at radius 2 is 1.68 bits per heavy atom. The largest absolute Gasteiger partial charge is 0.496 e. The highest BCUT2D eigenvalue weighted by Crippen LogP contribution is 2.34. The molecule has 0 aromatic heterocycles. The van der Waals surface area contributed by atoms with Crippen molar-refractivity contribution in [3.8, 4) is 11.5 Å². The van der Waals surface area contributed by atoms with Gasteiger partial charge in [0.15, 0.2) is 0 Å². The molecule has 28 heavy (non-hydrogen) atoms. The van der Waals surface area contributed by atoms with Crippen LogP contribution in [-0.4, -0.2) is 37.6 Å². The van der Waals surface area contributed by atoms with Crippen molar-refractivity contribution in [2.75, 3.05) is 20.8 Å². The van der Waals surface area contributed by atoms with Crippen molar-refractivity contribution in [3.63, 3.8) is 0 Å². The summed E-state index contributed by atoms with van der Waals surface area (Å²) in [4.78, 5) is 12.3. The molecule has 0 heterocycles. The number of amides is 1. The normalized spacial score (nSPS) is 11.2. The van der Waals surface area contributed by atoms with Crippen LogP contribution in [0.15, 0.2) is 48.9 Å². The molecule has 0 fully saturated rings. The third-order valence-corrected chi connectivity index (χ3v) is 5.73. The van der Waals surface area contributed by atoms with Crippen molar-refractivity contribution < 1.29 is 19.5 Å². The first-order chi connectivity index (χ1) is 13.4. The minimum atomic E-state index is -0.418. The smallest absolute Gasteiger partial charge is 0.269 e. The Balaban J connectivity index is 1.96. The first kappa shape index (κ1) is 22.7. The van der Waals surface area contributed by atoms with Gasteiger partial charge in [0, 0.05) is 13.0 Å². The zero-order chi connectivity index (χ0) is 20.7. The highest BCUT2D eigenvalue weighted by molar-refractivity contribution is 9.11. The van der Waals surface area contributed by atoms with Gasteiger partial charge in [-0.05, 0) is 89.6 Å². The summed E-state index contributed by atoms with van der Waals surface area (Å²) in [6.45, 7) is 0.409. The maximum Gasteiger partial charge on any atom is 0.269 e. The summed E-state index contributed by atoms with van der Waals surface area (Å²) >= 11 is 10.3. The average Bonchev–Trinajstić information content (AvgIpc) is 2.66. The second-order valence-electron chi connectivity index (χ2n) is 5.79. The van der Waals surface area contributed by atoms with Crippen molar-refractivity contribution in [2.45, 2.75) is 12.8 Å². The Labute approximate surface area is 188 Å². The van der Waals surface area contributed by atoms with Crippen molar-refractivity contribution in [2.24, 2.45) is 5.16 Å². The van der Waals surface area contributed by atoms with E-state index in [2.05, 4.69) is 58.3 Å². The maximum atomic E-state index is 12.3. The molecule has 0 unspecified atom stereocenters. The Morgan fingerprint density at radius 3 is 2.21 bits per heavy atom. The molecule has 2 aromatic rings. The second kappa shape index (κ2) is 10.8. The van der Waals surface area contributed by atoms with E-state index in [1.54, 1.807) is 14.2 Å². The summed E-state index contributed by atoms with van der Waals surface area (Å²) in [5, 5.41) is 15.2. The maximum absolute atomic E-state index is 12.3. The molecule has 150 valence electrons. The predicted molar refractivity (Wildman–Crippen MR) is 119 cm³/mol. The lowest BCUT2D eigenvalue weighted by Crippen LogP contribution is -2.33. The number of hydrogen-bond acceptors (Lipinski definition) is 5. The highest BCUT2D eigenvalue weighted by Gasteiger charge is 2.15. The van der Waals surface area contributed by atoms with Crippen LogP contribution in [0.3, 0.4) is 0 Å². The summed E-state index contributed by atoms with van der Waals surface area (Å²) in [5.74, 6) is 0.985. The number of carbonyl (C=O) groups is 1. The van der Waals surface area contributed by atoms with Crippen LogP contribution in [0.5, 0.6) is 11.5 Å². The van der Waals surface area contributed by atoms with Gasteiger partial charge in [-0.15, -0.1) is 0 Å². The van der Waals surface area contributed by atoms with Gasteiger partial charge < -0.3 is 20.0 Å². The minimum Gasteiger partial charge on any atom is -0.496 e. The van der Waals surface area contributed by atoms with Gasteiger partial charge in [0.1, 0.15) is 17.2 Å². The van der Waals surface area contributed by atoms with Crippen molar-refractivity contribution in [1.82, 2.24) is 5.32 Å². The molecule has 0 radical (unpaired) electrons. The number of rotatable bonds is 8. The number of hydrogen-bond donors (Lipinski definition) is 2. The Bertz CT molecular complexity index is 864. The number of ether oxygens (including phenoxy) is 2. The highest BCUT2D eigenvalue weighted by atomic mass is 79.9. The Morgan fingerprint density at radius 1 is 1.04 bits per heavy atom. The van der Waals surface area contributed by atoms with E-state index in [1.165, 1.54) is 0 Å². The molecule has 0 aliphatic carbocycles. The molecular weight excluding hydrogens is 560 g/mol. The summed E-state index contributed by atoms with van der Waals surface area (Å²) in [5.41, 5.74) is 1.86. The molecule has 0 spiro atoms. The van der Waals surface area contributed by atoms with Crippen LogP contribution in [0.1, 0.15) is 11.1 Å². The van der Waals surface area contributed by atoms with Crippen LogP contribution in [-0.2, 0) is 17.6 Å². The van der Waals surface area contributed by atoms with Gasteiger partial charge in [0.2, 0.25) is 0 Å². The Hall–Kier alpha value is -1.58. The van der Waals surface area contributed by atoms with Crippen LogP contribution in [0, 0.1) is 0 Å². The fourth-order valence-electron chi connectivity index (χ4n) is 2.55. The van der Waals surface area contributed by atoms with Crippen molar-refractivity contribution in [1.29, 1.82) is 0 Å². The number of methoxy groups -OCH3 is 2. The van der Waals surface area contributed by atoms with Crippen molar-refractivity contribution >= 4 is 59.4 Å². The molecular formula is C19H19Br3N2O4. The molecule has 1 amide bonds. The Kier molecular flexibility index (Phi) is 8.78. The molecule has 0 saturated carbocycles. The predicted octanol–water partition coefficient (Wildman–Crippen LogP) is 4.72. The lowest BCUT2D eigenvalue weighted by Gasteiger charge is -2.11. The fourth-order valence-corrected chi connectivity index (χ4v) is 4.74. The van der Waals surface area contributed by atoms with Crippen LogP contribution >= 0.6 is 47.8 Å². The van der Waals surface area contributed by atoms with Gasteiger partial charge in [-0.3, -0.25) is 4.79 Å². The number of nitrogens with zero attached hydrogens (tertiary/aromatic N) is 1. The summed E-state index contributed by atoms with van der Waals surface area (Å²) in [6, 6.07) is 9.37. The quantitative estimate of drug-likeness (QED) is 0.270. The van der Waals surface area contributed by atoms with Gasteiger partial charge in [0.05, 0.1) is 27.6 Å². The minimum absolute atomic E-state index is 0.0277. The molecule has 0 aliphatic rings. The lowest BCUT2D eigenvalue weighted by molar-refractivity contribution is -0.115. The van der Waals surface area contributed by atoms with Crippen LogP contribution < -0.4 is 14.8 Å². The first-order valence-electron chi connectivity index (χ1n) is 8.23. The van der Waals surface area contributed by atoms with Crippen LogP contribution in [0.2, 0.25) is 0 Å². The van der Waals surface area contributed by atoms with Gasteiger partial charge in [-0.25, -0.2) is 0 Å². The second-order valence-corrected chi connectivity index (χ2v) is 8.35. The van der Waals surface area contributed by atoms with Crippen LogP contribution in [0.4, 0.5) is 0 Å². The summed E-state index contributed by atoms with van der Waals surface area (Å²) < 4.78 is 12.8. The van der Waals surface area contributed by atoms with E-state index in [0.29, 0.717) is 18.7 Å². The van der Waals surface area contributed by atoms with E-state index in [9.17, 15) is 10.0 Å². The zero-order valence-electron chi connectivity index (χ0n) is 15.3. The fraction of sp³-hybridized carbons (Fsp3) is 0.263. The monoisotopic (exact) mass is 576 g/mol. The standard InChI is InChI=1S/C19H19Br3N2O4/c1-27-17-4-3-11(7-13(17)20)5-6-23-19(25)16(24-26)10-12-8-14(21)18(28-2)15(22)9-12/h3-4,7-9,26H,5-6,10H2,1-2H3,(H,23,25)/b24-16+. The van der Waals surface area contributed by atoms with E-state index in [4.69, 9.17) is 9.47 Å². The molecule has 2 N–H and O–H groups in total. The van der Waals surface area contributed by atoms with Crippen LogP contribution in [0.25, 0.3) is 0 Å². The third kappa shape index (κ3) is 5.96. The molecule has 2 rings (SSSR count). The first-order valence-corrected chi connectivity index (χ1v) is 10.6. The molecule has 9 heteroatoms. The van der Waals surface area contributed by atoms with E-state index >= 15 is 0 Å². The van der Waals surface area contributed by atoms with E-state index in [1.807, 2.05) is 30.3 Å². The third-order valence-electron chi connectivity index (χ3n) is 3.93. The lowest BCUT2D eigenvalue weighted by atomic mass is 10.1. The molecule has 0 aliphatic heterocycles. The number of nitrogens with one attached hydrogen (secondary N) is 1. The molecule has 0 saturated heterocycles. The summed E-state index contributed by atoms with van der Waals surface area (Å²) in [7, 11) is 3.18. The van der Waals surface area contributed by atoms with E-state index in [-0.39, 0.29) is 12.1 Å². The van der Waals surface area contributed by atoms with Gasteiger partial charge in [-0.1, -0.05) is 11.2 Å². The average molecular weight is 579 g/mol. The number of oxime groups is 1. The SMILES string of the molecule is COc1ccc(CCNC(=O)/C(Cc2cc(Br)c(OC)c(Br)c2)=N/O)cc1Br. The topological polar surface area (TPSA) is 80.2 Å².